The number of carbonyl (C=O) groups is 2. The quantitative estimate of drug-likeness (QED) is 0.645. The van der Waals surface area contributed by atoms with Crippen molar-refractivity contribution in [3.05, 3.63) is 28.8 Å². The molecule has 0 bridgehead atoms. The van der Waals surface area contributed by atoms with Crippen molar-refractivity contribution in [3.8, 4) is 5.75 Å². The summed E-state index contributed by atoms with van der Waals surface area (Å²) in [5, 5.41) is 8.80. The summed E-state index contributed by atoms with van der Waals surface area (Å²) in [6.07, 6.45) is -0.665. The van der Waals surface area contributed by atoms with E-state index in [0.29, 0.717) is 16.3 Å². The van der Waals surface area contributed by atoms with E-state index in [1.807, 2.05) is 0 Å². The second-order valence-corrected chi connectivity index (χ2v) is 3.60. The van der Waals surface area contributed by atoms with Gasteiger partial charge >= 0.3 is 11.9 Å². The van der Waals surface area contributed by atoms with Gasteiger partial charge in [-0.05, 0) is 18.2 Å². The summed E-state index contributed by atoms with van der Waals surface area (Å²) < 4.78 is 9.75. The SMILES string of the molecule is COc1ccc(Cl)c(COC(=O)CC(=O)O)c1. The molecule has 0 aromatic heterocycles. The summed E-state index contributed by atoms with van der Waals surface area (Å²) >= 11 is 5.88. The van der Waals surface area contributed by atoms with Crippen LogP contribution in [0.5, 0.6) is 5.75 Å². The predicted octanol–water partition coefficient (Wildman–Crippen LogP) is 1.87. The second kappa shape index (κ2) is 6.10. The Kier molecular flexibility index (Phi) is 4.78. The van der Waals surface area contributed by atoms with Crippen molar-refractivity contribution in [2.75, 3.05) is 7.11 Å². The average Bonchev–Trinajstić information content (AvgIpc) is 2.27. The maximum Gasteiger partial charge on any atom is 0.317 e. The fourth-order valence-electron chi connectivity index (χ4n) is 1.12. The van der Waals surface area contributed by atoms with E-state index < -0.39 is 18.4 Å². The maximum absolute atomic E-state index is 11.0. The third-order valence-electron chi connectivity index (χ3n) is 1.94. The lowest BCUT2D eigenvalue weighted by Gasteiger charge is -2.07. The van der Waals surface area contributed by atoms with Gasteiger partial charge in [-0.3, -0.25) is 9.59 Å². The summed E-state index contributed by atoms with van der Waals surface area (Å²) in [4.78, 5) is 21.3. The predicted molar refractivity (Wildman–Crippen MR) is 60.1 cm³/mol. The Bertz CT molecular complexity index is 430. The zero-order chi connectivity index (χ0) is 12.8. The Hall–Kier alpha value is -1.75. The number of ether oxygens (including phenoxy) is 2. The lowest BCUT2D eigenvalue weighted by Crippen LogP contribution is -2.10. The summed E-state index contributed by atoms with van der Waals surface area (Å²) in [7, 11) is 1.50. The average molecular weight is 259 g/mol. The molecular weight excluding hydrogens is 248 g/mol. The molecule has 5 nitrogen and oxygen atoms in total. The van der Waals surface area contributed by atoms with Crippen LogP contribution < -0.4 is 4.74 Å². The minimum absolute atomic E-state index is 0.0812. The summed E-state index contributed by atoms with van der Waals surface area (Å²) in [5.74, 6) is -1.46. The number of halogens is 1. The van der Waals surface area contributed by atoms with Gasteiger partial charge in [0, 0.05) is 10.6 Å². The molecule has 0 saturated carbocycles. The first-order valence-corrected chi connectivity index (χ1v) is 5.10. The molecule has 0 aliphatic heterocycles. The van der Waals surface area contributed by atoms with Crippen molar-refractivity contribution < 1.29 is 24.2 Å². The van der Waals surface area contributed by atoms with E-state index in [4.69, 9.17) is 26.2 Å². The zero-order valence-electron chi connectivity index (χ0n) is 9.10. The fraction of sp³-hybridized carbons (Fsp3) is 0.273. The molecule has 0 heterocycles. The molecule has 1 aromatic rings. The van der Waals surface area contributed by atoms with Gasteiger partial charge in [0.05, 0.1) is 7.11 Å². The van der Waals surface area contributed by atoms with Crippen LogP contribution in [0.25, 0.3) is 0 Å². The van der Waals surface area contributed by atoms with Gasteiger partial charge in [0.2, 0.25) is 0 Å². The van der Waals surface area contributed by atoms with Crippen LogP contribution in [0.3, 0.4) is 0 Å². The summed E-state index contributed by atoms with van der Waals surface area (Å²) in [5.41, 5.74) is 0.560. The molecular formula is C11H11ClO5. The number of carboxylic acids is 1. The molecule has 1 aromatic carbocycles. The van der Waals surface area contributed by atoms with Gasteiger partial charge in [-0.15, -0.1) is 0 Å². The monoisotopic (exact) mass is 258 g/mol. The molecule has 0 saturated heterocycles. The third-order valence-corrected chi connectivity index (χ3v) is 2.31. The number of hydrogen-bond acceptors (Lipinski definition) is 4. The zero-order valence-corrected chi connectivity index (χ0v) is 9.86. The van der Waals surface area contributed by atoms with E-state index >= 15 is 0 Å². The van der Waals surface area contributed by atoms with Crippen LogP contribution in [0.2, 0.25) is 5.02 Å². The smallest absolute Gasteiger partial charge is 0.317 e. The molecule has 1 rings (SSSR count). The Morgan fingerprint density at radius 2 is 2.12 bits per heavy atom. The number of methoxy groups -OCH3 is 1. The van der Waals surface area contributed by atoms with Crippen molar-refractivity contribution in [3.63, 3.8) is 0 Å². The number of benzene rings is 1. The molecule has 6 heteroatoms. The van der Waals surface area contributed by atoms with Crippen molar-refractivity contribution in [1.82, 2.24) is 0 Å². The first-order chi connectivity index (χ1) is 8.02. The number of carbonyl (C=O) groups excluding carboxylic acids is 1. The summed E-state index contributed by atoms with van der Waals surface area (Å²) in [6.45, 7) is -0.0812. The molecule has 17 heavy (non-hydrogen) atoms. The maximum atomic E-state index is 11.0. The summed E-state index contributed by atoms with van der Waals surface area (Å²) in [6, 6.07) is 4.90. The highest BCUT2D eigenvalue weighted by Gasteiger charge is 2.10. The van der Waals surface area contributed by atoms with E-state index in [2.05, 4.69) is 0 Å². The van der Waals surface area contributed by atoms with Crippen molar-refractivity contribution >= 4 is 23.5 Å². The van der Waals surface area contributed by atoms with Gasteiger partial charge in [-0.25, -0.2) is 0 Å². The first kappa shape index (κ1) is 13.3. The van der Waals surface area contributed by atoms with E-state index in [9.17, 15) is 9.59 Å². The standard InChI is InChI=1S/C11H11ClO5/c1-16-8-2-3-9(12)7(4-8)6-17-11(15)5-10(13)14/h2-4H,5-6H2,1H3,(H,13,14). The van der Waals surface area contributed by atoms with Crippen molar-refractivity contribution in [1.29, 1.82) is 0 Å². The molecule has 1 N–H and O–H groups in total. The van der Waals surface area contributed by atoms with E-state index in [1.54, 1.807) is 18.2 Å². The molecule has 92 valence electrons. The molecule has 0 amide bonds. The van der Waals surface area contributed by atoms with Gasteiger partial charge in [-0.1, -0.05) is 11.6 Å². The largest absolute Gasteiger partial charge is 0.497 e. The molecule has 0 spiro atoms. The lowest BCUT2D eigenvalue weighted by atomic mass is 10.2. The fourth-order valence-corrected chi connectivity index (χ4v) is 1.29. The van der Waals surface area contributed by atoms with Gasteiger partial charge in [-0.2, -0.15) is 0 Å². The minimum atomic E-state index is -1.23. The highest BCUT2D eigenvalue weighted by molar-refractivity contribution is 6.31. The van der Waals surface area contributed by atoms with Gasteiger partial charge in [0.1, 0.15) is 18.8 Å². The highest BCUT2D eigenvalue weighted by Crippen LogP contribution is 2.22. The van der Waals surface area contributed by atoms with E-state index in [1.165, 1.54) is 7.11 Å². The molecule has 0 aliphatic rings. The third kappa shape index (κ3) is 4.32. The van der Waals surface area contributed by atoms with Gasteiger partial charge in [0.15, 0.2) is 0 Å². The lowest BCUT2D eigenvalue weighted by molar-refractivity contribution is -0.152. The van der Waals surface area contributed by atoms with Crippen LogP contribution in [0.15, 0.2) is 18.2 Å². The van der Waals surface area contributed by atoms with Crippen LogP contribution in [-0.4, -0.2) is 24.2 Å². The number of esters is 1. The molecule has 0 unspecified atom stereocenters. The van der Waals surface area contributed by atoms with Crippen molar-refractivity contribution in [2.24, 2.45) is 0 Å². The normalized spacial score (nSPS) is 9.76. The van der Waals surface area contributed by atoms with Gasteiger partial charge < -0.3 is 14.6 Å². The van der Waals surface area contributed by atoms with Crippen LogP contribution in [0.1, 0.15) is 12.0 Å². The first-order valence-electron chi connectivity index (χ1n) is 4.72. The molecule has 0 aliphatic carbocycles. The van der Waals surface area contributed by atoms with Crippen LogP contribution in [0, 0.1) is 0 Å². The minimum Gasteiger partial charge on any atom is -0.497 e. The topological polar surface area (TPSA) is 72.8 Å². The van der Waals surface area contributed by atoms with Crippen LogP contribution >= 0.6 is 11.6 Å². The Morgan fingerprint density at radius 3 is 2.71 bits per heavy atom. The Morgan fingerprint density at radius 1 is 1.41 bits per heavy atom. The van der Waals surface area contributed by atoms with E-state index in [-0.39, 0.29) is 6.61 Å². The number of carboxylic acid groups (broad SMARTS) is 1. The Labute approximate surface area is 103 Å². The van der Waals surface area contributed by atoms with Crippen LogP contribution in [-0.2, 0) is 20.9 Å². The molecule has 0 radical (unpaired) electrons. The second-order valence-electron chi connectivity index (χ2n) is 3.19. The molecule has 0 fully saturated rings. The Balaban J connectivity index is 2.62. The van der Waals surface area contributed by atoms with Crippen molar-refractivity contribution in [2.45, 2.75) is 13.0 Å². The highest BCUT2D eigenvalue weighted by atomic mass is 35.5. The number of rotatable bonds is 5. The van der Waals surface area contributed by atoms with Crippen LogP contribution in [0.4, 0.5) is 0 Å². The van der Waals surface area contributed by atoms with E-state index in [0.717, 1.165) is 0 Å². The number of aliphatic carboxylic acids is 1. The molecule has 0 atom stereocenters. The van der Waals surface area contributed by atoms with Gasteiger partial charge in [0.25, 0.3) is 0 Å². The number of hydrogen-bond donors (Lipinski definition) is 1.